The molecule has 0 aliphatic heterocycles. The van der Waals surface area contributed by atoms with Crippen LogP contribution in [0.3, 0.4) is 0 Å². The van der Waals surface area contributed by atoms with Gasteiger partial charge in [0.25, 0.3) is 0 Å². The third-order valence-electron chi connectivity index (χ3n) is 3.56. The number of rotatable bonds is 6. The Balaban J connectivity index is 3.27. The first-order valence-electron chi connectivity index (χ1n) is 6.77. The number of carbonyl (C=O) groups excluding carboxylic acids is 1. The molecule has 1 N–H and O–H groups in total. The van der Waals surface area contributed by atoms with E-state index in [9.17, 15) is 4.79 Å². The van der Waals surface area contributed by atoms with Gasteiger partial charge in [0.2, 0.25) is 0 Å². The Kier molecular flexibility index (Phi) is 5.72. The molecule has 0 heterocycles. The van der Waals surface area contributed by atoms with Gasteiger partial charge in [0.05, 0.1) is 13.7 Å². The maximum absolute atomic E-state index is 12.3. The van der Waals surface area contributed by atoms with E-state index >= 15 is 0 Å². The molecule has 0 aliphatic rings. The third kappa shape index (κ3) is 3.38. The first-order chi connectivity index (χ1) is 9.36. The first kappa shape index (κ1) is 16.7. The van der Waals surface area contributed by atoms with Crippen molar-refractivity contribution in [1.29, 1.82) is 0 Å². The highest BCUT2D eigenvalue weighted by Gasteiger charge is 2.38. The van der Waals surface area contributed by atoms with Crippen molar-refractivity contribution >= 4 is 5.97 Å². The lowest BCUT2D eigenvalue weighted by atomic mass is 9.84. The molecule has 4 nitrogen and oxygen atoms in total. The number of methoxy groups -OCH3 is 2. The van der Waals surface area contributed by atoms with E-state index in [4.69, 9.17) is 9.47 Å². The summed E-state index contributed by atoms with van der Waals surface area (Å²) in [7, 11) is 3.05. The Morgan fingerprint density at radius 1 is 1.20 bits per heavy atom. The summed E-state index contributed by atoms with van der Waals surface area (Å²) in [6.07, 6.45) is 0. The Labute approximate surface area is 121 Å². The number of esters is 1. The third-order valence-corrected chi connectivity index (χ3v) is 3.56. The van der Waals surface area contributed by atoms with Crippen molar-refractivity contribution in [3.05, 3.63) is 34.4 Å². The zero-order valence-electron chi connectivity index (χ0n) is 13.3. The molecule has 0 spiro atoms. The second-order valence-electron chi connectivity index (χ2n) is 5.31. The summed E-state index contributed by atoms with van der Waals surface area (Å²) in [5.74, 6) is -0.288. The van der Waals surface area contributed by atoms with Crippen molar-refractivity contribution in [2.24, 2.45) is 0 Å². The monoisotopic (exact) mass is 279 g/mol. The summed E-state index contributed by atoms with van der Waals surface area (Å²) in [5, 5.41) is 3.27. The van der Waals surface area contributed by atoms with Crippen LogP contribution in [0.25, 0.3) is 0 Å². The summed E-state index contributed by atoms with van der Waals surface area (Å²) in [6.45, 7) is 9.07. The molecule has 0 fully saturated rings. The van der Waals surface area contributed by atoms with Crippen LogP contribution < -0.4 is 5.32 Å². The molecule has 112 valence electrons. The van der Waals surface area contributed by atoms with Gasteiger partial charge in [0.15, 0.2) is 0 Å². The van der Waals surface area contributed by atoms with Gasteiger partial charge in [-0.3, -0.25) is 5.32 Å². The fourth-order valence-corrected chi connectivity index (χ4v) is 2.84. The van der Waals surface area contributed by atoms with Crippen LogP contribution in [-0.2, 0) is 19.8 Å². The van der Waals surface area contributed by atoms with Crippen LogP contribution in [0.4, 0.5) is 0 Å². The average Bonchev–Trinajstić information content (AvgIpc) is 2.36. The minimum absolute atomic E-state index is 0.288. The molecule has 1 atom stereocenters. The van der Waals surface area contributed by atoms with E-state index in [0.717, 1.165) is 16.7 Å². The van der Waals surface area contributed by atoms with Crippen LogP contribution in [-0.4, -0.2) is 33.3 Å². The number of ether oxygens (including phenoxy) is 2. The van der Waals surface area contributed by atoms with Crippen molar-refractivity contribution in [2.75, 3.05) is 27.4 Å². The number of nitrogens with one attached hydrogen (secondary N) is 1. The molecule has 4 heteroatoms. The van der Waals surface area contributed by atoms with Gasteiger partial charge < -0.3 is 9.47 Å². The minimum atomic E-state index is -0.866. The molecule has 20 heavy (non-hydrogen) atoms. The SMILES string of the molecule is COCCNC(C)(C(=O)OC)c1c(C)cc(C)cc1C. The fourth-order valence-electron chi connectivity index (χ4n) is 2.84. The zero-order valence-corrected chi connectivity index (χ0v) is 13.3. The molecule has 1 rings (SSSR count). The van der Waals surface area contributed by atoms with E-state index in [2.05, 4.69) is 24.4 Å². The van der Waals surface area contributed by atoms with Gasteiger partial charge in [-0.25, -0.2) is 4.79 Å². The fraction of sp³-hybridized carbons (Fsp3) is 0.562. The molecule has 0 aromatic heterocycles. The maximum Gasteiger partial charge on any atom is 0.330 e. The molecule has 1 aromatic carbocycles. The van der Waals surface area contributed by atoms with Crippen molar-refractivity contribution in [2.45, 2.75) is 33.2 Å². The van der Waals surface area contributed by atoms with E-state index in [-0.39, 0.29) is 5.97 Å². The molecule has 0 radical (unpaired) electrons. The van der Waals surface area contributed by atoms with Crippen molar-refractivity contribution in [3.63, 3.8) is 0 Å². The predicted octanol–water partition coefficient (Wildman–Crippen LogP) is 2.24. The van der Waals surface area contributed by atoms with Gasteiger partial charge in [-0.2, -0.15) is 0 Å². The Morgan fingerprint density at radius 3 is 2.20 bits per heavy atom. The molecule has 0 amide bonds. The first-order valence-corrected chi connectivity index (χ1v) is 6.77. The number of carbonyl (C=O) groups is 1. The van der Waals surface area contributed by atoms with Gasteiger partial charge in [0, 0.05) is 13.7 Å². The number of hydrogen-bond acceptors (Lipinski definition) is 4. The lowest BCUT2D eigenvalue weighted by Crippen LogP contribution is -2.49. The van der Waals surface area contributed by atoms with Crippen molar-refractivity contribution < 1.29 is 14.3 Å². The lowest BCUT2D eigenvalue weighted by Gasteiger charge is -2.31. The van der Waals surface area contributed by atoms with Gasteiger partial charge >= 0.3 is 5.97 Å². The summed E-state index contributed by atoms with van der Waals surface area (Å²) < 4.78 is 10.0. The number of hydrogen-bond donors (Lipinski definition) is 1. The maximum atomic E-state index is 12.3. The van der Waals surface area contributed by atoms with E-state index in [1.807, 2.05) is 20.8 Å². The van der Waals surface area contributed by atoms with Gasteiger partial charge in [-0.05, 0) is 44.4 Å². The van der Waals surface area contributed by atoms with Crippen LogP contribution in [0, 0.1) is 20.8 Å². The second-order valence-corrected chi connectivity index (χ2v) is 5.31. The van der Waals surface area contributed by atoms with E-state index < -0.39 is 5.54 Å². The van der Waals surface area contributed by atoms with Crippen LogP contribution in [0.5, 0.6) is 0 Å². The normalized spacial score (nSPS) is 13.9. The topological polar surface area (TPSA) is 47.6 Å². The number of aryl methyl sites for hydroxylation is 3. The molecule has 0 aliphatic carbocycles. The Morgan fingerprint density at radius 2 is 1.75 bits per heavy atom. The molecule has 0 saturated heterocycles. The highest BCUT2D eigenvalue weighted by Crippen LogP contribution is 2.29. The van der Waals surface area contributed by atoms with Crippen LogP contribution >= 0.6 is 0 Å². The van der Waals surface area contributed by atoms with Crippen molar-refractivity contribution in [1.82, 2.24) is 5.32 Å². The van der Waals surface area contributed by atoms with E-state index in [1.54, 1.807) is 7.11 Å². The summed E-state index contributed by atoms with van der Waals surface area (Å²) in [6, 6.07) is 4.17. The minimum Gasteiger partial charge on any atom is -0.467 e. The zero-order chi connectivity index (χ0) is 15.3. The van der Waals surface area contributed by atoms with Gasteiger partial charge in [0.1, 0.15) is 5.54 Å². The molecule has 1 unspecified atom stereocenters. The lowest BCUT2D eigenvalue weighted by molar-refractivity contribution is -0.148. The quantitative estimate of drug-likeness (QED) is 0.641. The smallest absolute Gasteiger partial charge is 0.330 e. The van der Waals surface area contributed by atoms with Crippen LogP contribution in [0.2, 0.25) is 0 Å². The van der Waals surface area contributed by atoms with Crippen molar-refractivity contribution in [3.8, 4) is 0 Å². The summed E-state index contributed by atoms with van der Waals surface area (Å²) >= 11 is 0. The number of benzene rings is 1. The highest BCUT2D eigenvalue weighted by atomic mass is 16.5. The van der Waals surface area contributed by atoms with Crippen LogP contribution in [0.15, 0.2) is 12.1 Å². The molecule has 1 aromatic rings. The standard InChI is InChI=1S/C16H25NO3/c1-11-9-12(2)14(13(3)10-11)16(4,15(18)20-6)17-7-8-19-5/h9-10,17H,7-8H2,1-6H3. The van der Waals surface area contributed by atoms with E-state index in [0.29, 0.717) is 13.2 Å². The van der Waals surface area contributed by atoms with Crippen LogP contribution in [0.1, 0.15) is 29.2 Å². The summed E-state index contributed by atoms with van der Waals surface area (Å²) in [5.41, 5.74) is 3.47. The Bertz CT molecular complexity index is 462. The molecule has 0 saturated carbocycles. The molecular formula is C16H25NO3. The molecular weight excluding hydrogens is 254 g/mol. The average molecular weight is 279 g/mol. The van der Waals surface area contributed by atoms with Gasteiger partial charge in [-0.1, -0.05) is 17.7 Å². The van der Waals surface area contributed by atoms with E-state index in [1.165, 1.54) is 12.7 Å². The second kappa shape index (κ2) is 6.86. The predicted molar refractivity (Wildman–Crippen MR) is 79.9 cm³/mol. The molecule has 0 bridgehead atoms. The largest absolute Gasteiger partial charge is 0.467 e. The Hall–Kier alpha value is -1.39. The summed E-state index contributed by atoms with van der Waals surface area (Å²) in [4.78, 5) is 12.3. The van der Waals surface area contributed by atoms with Gasteiger partial charge in [-0.15, -0.1) is 0 Å². The highest BCUT2D eigenvalue weighted by molar-refractivity contribution is 5.83.